The van der Waals surface area contributed by atoms with E-state index in [1.807, 2.05) is 103 Å². The SMILES string of the molecule is Cn1c(C[C@@H](NC(=O)OC(C)(C)C)C(=O)N[C@@H](Cc2ccccc2)C(=O)N2CCC[C@@H]2C(=O)OCc2ccccc2)cc2ccccc21. The molecule has 252 valence electrons. The Kier molecular flexibility index (Phi) is 10.8. The van der Waals surface area contributed by atoms with Crippen LogP contribution in [-0.4, -0.2) is 63.6 Å². The van der Waals surface area contributed by atoms with Gasteiger partial charge in [0.05, 0.1) is 0 Å². The maximum Gasteiger partial charge on any atom is 0.408 e. The first-order valence-electron chi connectivity index (χ1n) is 16.4. The number of para-hydroxylation sites is 1. The van der Waals surface area contributed by atoms with Crippen LogP contribution >= 0.6 is 0 Å². The zero-order valence-corrected chi connectivity index (χ0v) is 28.0. The van der Waals surface area contributed by atoms with Gasteiger partial charge in [-0.2, -0.15) is 0 Å². The van der Waals surface area contributed by atoms with Crippen LogP contribution in [0.4, 0.5) is 4.79 Å². The fraction of sp³-hybridized carbons (Fsp3) is 0.368. The van der Waals surface area contributed by atoms with E-state index in [0.29, 0.717) is 19.4 Å². The summed E-state index contributed by atoms with van der Waals surface area (Å²) in [7, 11) is 1.91. The van der Waals surface area contributed by atoms with E-state index in [2.05, 4.69) is 10.6 Å². The summed E-state index contributed by atoms with van der Waals surface area (Å²) in [6.07, 6.45) is 0.705. The van der Waals surface area contributed by atoms with Gasteiger partial charge in [0.25, 0.3) is 0 Å². The molecule has 5 rings (SSSR count). The van der Waals surface area contributed by atoms with E-state index in [1.54, 1.807) is 20.8 Å². The summed E-state index contributed by atoms with van der Waals surface area (Å²) >= 11 is 0. The number of aryl methyl sites for hydroxylation is 1. The number of aromatic nitrogens is 1. The summed E-state index contributed by atoms with van der Waals surface area (Å²) in [6.45, 7) is 5.71. The number of hydrogen-bond donors (Lipinski definition) is 2. The number of carbonyl (C=O) groups is 4. The summed E-state index contributed by atoms with van der Waals surface area (Å²) in [6, 6.07) is 25.8. The van der Waals surface area contributed by atoms with Crippen molar-refractivity contribution >= 4 is 34.8 Å². The number of carbonyl (C=O) groups excluding carboxylic acids is 4. The third-order valence-corrected chi connectivity index (χ3v) is 8.40. The molecule has 1 saturated heterocycles. The largest absolute Gasteiger partial charge is 0.459 e. The Balaban J connectivity index is 1.38. The van der Waals surface area contributed by atoms with Crippen molar-refractivity contribution in [2.24, 2.45) is 7.05 Å². The van der Waals surface area contributed by atoms with Gasteiger partial charge in [0.2, 0.25) is 11.8 Å². The van der Waals surface area contributed by atoms with Gasteiger partial charge in [0, 0.05) is 37.6 Å². The van der Waals surface area contributed by atoms with Gasteiger partial charge in [-0.1, -0.05) is 78.9 Å². The maximum atomic E-state index is 14.2. The molecule has 48 heavy (non-hydrogen) atoms. The van der Waals surface area contributed by atoms with Crippen LogP contribution in [0.1, 0.15) is 50.4 Å². The third kappa shape index (κ3) is 8.82. The van der Waals surface area contributed by atoms with E-state index in [-0.39, 0.29) is 25.4 Å². The molecule has 4 aromatic rings. The van der Waals surface area contributed by atoms with Crippen LogP contribution in [0, 0.1) is 0 Å². The van der Waals surface area contributed by atoms with Gasteiger partial charge in [-0.3, -0.25) is 9.59 Å². The first-order valence-corrected chi connectivity index (χ1v) is 16.4. The van der Waals surface area contributed by atoms with E-state index in [1.165, 1.54) is 4.90 Å². The third-order valence-electron chi connectivity index (χ3n) is 8.40. The molecule has 1 aliphatic heterocycles. The van der Waals surface area contributed by atoms with Gasteiger partial charge < -0.3 is 29.6 Å². The lowest BCUT2D eigenvalue weighted by Crippen LogP contribution is -2.57. The molecular weight excluding hydrogens is 608 g/mol. The number of ether oxygens (including phenoxy) is 2. The highest BCUT2D eigenvalue weighted by molar-refractivity contribution is 5.94. The quantitative estimate of drug-likeness (QED) is 0.218. The Morgan fingerprint density at radius 2 is 1.48 bits per heavy atom. The van der Waals surface area contributed by atoms with Gasteiger partial charge in [0.1, 0.15) is 30.3 Å². The molecule has 1 aliphatic rings. The van der Waals surface area contributed by atoms with Crippen molar-refractivity contribution in [2.75, 3.05) is 6.54 Å². The second-order valence-electron chi connectivity index (χ2n) is 13.2. The van der Waals surface area contributed by atoms with E-state index >= 15 is 0 Å². The molecule has 1 aromatic heterocycles. The normalized spacial score (nSPS) is 15.8. The molecule has 1 fully saturated rings. The van der Waals surface area contributed by atoms with Gasteiger partial charge in [-0.05, 0) is 62.3 Å². The Morgan fingerprint density at radius 1 is 0.833 bits per heavy atom. The van der Waals surface area contributed by atoms with Crippen molar-refractivity contribution in [2.45, 2.75) is 76.8 Å². The minimum absolute atomic E-state index is 0.106. The number of amides is 3. The molecule has 0 unspecified atom stereocenters. The van der Waals surface area contributed by atoms with Crippen LogP contribution in [0.25, 0.3) is 10.9 Å². The number of nitrogens with one attached hydrogen (secondary N) is 2. The average molecular weight is 653 g/mol. The Morgan fingerprint density at radius 3 is 2.15 bits per heavy atom. The molecule has 3 atom stereocenters. The number of rotatable bonds is 11. The van der Waals surface area contributed by atoms with Crippen molar-refractivity contribution in [1.82, 2.24) is 20.1 Å². The van der Waals surface area contributed by atoms with E-state index in [4.69, 9.17) is 9.47 Å². The first-order chi connectivity index (χ1) is 23.0. The second-order valence-corrected chi connectivity index (χ2v) is 13.2. The van der Waals surface area contributed by atoms with Crippen LogP contribution in [0.15, 0.2) is 91.0 Å². The molecule has 10 nitrogen and oxygen atoms in total. The fourth-order valence-corrected chi connectivity index (χ4v) is 6.03. The molecule has 0 spiro atoms. The average Bonchev–Trinajstić information content (AvgIpc) is 3.68. The van der Waals surface area contributed by atoms with Crippen molar-refractivity contribution in [3.63, 3.8) is 0 Å². The Hall–Kier alpha value is -5.12. The smallest absolute Gasteiger partial charge is 0.408 e. The predicted molar refractivity (Wildman–Crippen MR) is 183 cm³/mol. The minimum atomic E-state index is -1.06. The highest BCUT2D eigenvalue weighted by atomic mass is 16.6. The topological polar surface area (TPSA) is 119 Å². The Bertz CT molecular complexity index is 1730. The van der Waals surface area contributed by atoms with Crippen LogP contribution < -0.4 is 10.6 Å². The molecule has 2 N–H and O–H groups in total. The van der Waals surface area contributed by atoms with Crippen molar-refractivity contribution in [1.29, 1.82) is 0 Å². The van der Waals surface area contributed by atoms with Crippen LogP contribution in [-0.2, 0) is 50.4 Å². The van der Waals surface area contributed by atoms with Gasteiger partial charge in [0.15, 0.2) is 0 Å². The Labute approximate surface area is 281 Å². The predicted octanol–water partition coefficient (Wildman–Crippen LogP) is 5.08. The molecule has 3 aromatic carbocycles. The zero-order valence-electron chi connectivity index (χ0n) is 28.0. The van der Waals surface area contributed by atoms with Crippen molar-refractivity contribution in [3.8, 4) is 0 Å². The lowest BCUT2D eigenvalue weighted by atomic mass is 10.0. The number of nitrogens with zero attached hydrogens (tertiary/aromatic N) is 2. The van der Waals surface area contributed by atoms with Gasteiger partial charge in [-0.25, -0.2) is 9.59 Å². The summed E-state index contributed by atoms with van der Waals surface area (Å²) in [5.74, 6) is -1.40. The minimum Gasteiger partial charge on any atom is -0.459 e. The van der Waals surface area contributed by atoms with E-state index in [0.717, 1.165) is 27.7 Å². The highest BCUT2D eigenvalue weighted by Crippen LogP contribution is 2.23. The number of benzene rings is 3. The van der Waals surface area contributed by atoms with Crippen molar-refractivity contribution in [3.05, 3.63) is 108 Å². The maximum absolute atomic E-state index is 14.2. The molecule has 0 bridgehead atoms. The summed E-state index contributed by atoms with van der Waals surface area (Å²) in [5, 5.41) is 6.69. The molecule has 0 saturated carbocycles. The number of alkyl carbamates (subject to hydrolysis) is 1. The van der Waals surface area contributed by atoms with E-state index < -0.39 is 41.7 Å². The van der Waals surface area contributed by atoms with Gasteiger partial charge in [-0.15, -0.1) is 0 Å². The number of likely N-dealkylation sites (tertiary alicyclic amines) is 1. The summed E-state index contributed by atoms with van der Waals surface area (Å²) in [4.78, 5) is 56.1. The molecule has 3 amide bonds. The first kappa shape index (κ1) is 34.2. The molecular formula is C38H44N4O6. The van der Waals surface area contributed by atoms with E-state index in [9.17, 15) is 19.2 Å². The molecule has 10 heteroatoms. The number of esters is 1. The highest BCUT2D eigenvalue weighted by Gasteiger charge is 2.39. The number of fused-ring (bicyclic) bond motifs is 1. The summed E-state index contributed by atoms with van der Waals surface area (Å²) in [5.41, 5.74) is 2.71. The summed E-state index contributed by atoms with van der Waals surface area (Å²) < 4.78 is 13.1. The molecule has 0 radical (unpaired) electrons. The number of hydrogen-bond acceptors (Lipinski definition) is 6. The standard InChI is InChI=1S/C38H44N4O6/c1-38(2,3)48-37(46)40-30(24-29-23-28-18-11-12-19-32(28)41(29)4)34(43)39-31(22-26-14-7-5-8-15-26)35(44)42-21-13-20-33(42)36(45)47-25-27-16-9-6-10-17-27/h5-12,14-19,23,30-31,33H,13,20-22,24-25H2,1-4H3,(H,39,43)(H,40,46)/t30-,31+,33-/m1/s1. The van der Waals surface area contributed by atoms with Crippen LogP contribution in [0.5, 0.6) is 0 Å². The molecule has 0 aliphatic carbocycles. The lowest BCUT2D eigenvalue weighted by Gasteiger charge is -2.30. The van der Waals surface area contributed by atoms with Crippen molar-refractivity contribution < 1.29 is 28.7 Å². The zero-order chi connectivity index (χ0) is 34.3. The molecule has 2 heterocycles. The van der Waals surface area contributed by atoms with Crippen LogP contribution in [0.2, 0.25) is 0 Å². The van der Waals surface area contributed by atoms with Gasteiger partial charge >= 0.3 is 12.1 Å². The lowest BCUT2D eigenvalue weighted by molar-refractivity contribution is -0.155. The second kappa shape index (κ2) is 15.2. The fourth-order valence-electron chi connectivity index (χ4n) is 6.03. The monoisotopic (exact) mass is 652 g/mol. The van der Waals surface area contributed by atoms with Crippen LogP contribution in [0.3, 0.4) is 0 Å².